The standard InChI is InChI=1S/C7H6N2O2/c10-9-4-5-11-7-6(9)2-1-3-8-7/h1-5,9H. The summed E-state index contributed by atoms with van der Waals surface area (Å²) >= 11 is 0. The Labute approximate surface area is 63.3 Å². The highest BCUT2D eigenvalue weighted by atomic mass is 16.5. The zero-order valence-electron chi connectivity index (χ0n) is 5.65. The highest BCUT2D eigenvalue weighted by molar-refractivity contribution is 5.41. The molecule has 0 saturated carbocycles. The molecular formula is C7H6N2O2. The average molecular weight is 150 g/mol. The van der Waals surface area contributed by atoms with Gasteiger partial charge in [0, 0.05) is 12.3 Å². The van der Waals surface area contributed by atoms with Crippen molar-refractivity contribution < 1.29 is 9.80 Å². The lowest BCUT2D eigenvalue weighted by Gasteiger charge is -2.20. The first-order chi connectivity index (χ1) is 5.38. The Morgan fingerprint density at radius 1 is 1.55 bits per heavy atom. The van der Waals surface area contributed by atoms with E-state index in [1.807, 2.05) is 0 Å². The van der Waals surface area contributed by atoms with Crippen molar-refractivity contribution in [1.82, 2.24) is 4.98 Å². The first-order valence-corrected chi connectivity index (χ1v) is 3.20. The van der Waals surface area contributed by atoms with Gasteiger partial charge in [0.1, 0.15) is 12.5 Å². The van der Waals surface area contributed by atoms with E-state index in [0.29, 0.717) is 11.6 Å². The van der Waals surface area contributed by atoms with E-state index in [9.17, 15) is 5.21 Å². The van der Waals surface area contributed by atoms with Gasteiger partial charge in [-0.05, 0) is 6.07 Å². The minimum atomic E-state index is -0.0562. The number of ether oxygens (including phenoxy) is 1. The molecule has 0 fully saturated rings. The van der Waals surface area contributed by atoms with Crippen molar-refractivity contribution in [2.24, 2.45) is 0 Å². The molecule has 2 heterocycles. The molecule has 4 nitrogen and oxygen atoms in total. The largest absolute Gasteiger partial charge is 0.624 e. The van der Waals surface area contributed by atoms with Crippen molar-refractivity contribution in [3.05, 3.63) is 36.0 Å². The topological polar surface area (TPSA) is 49.6 Å². The van der Waals surface area contributed by atoms with E-state index in [4.69, 9.17) is 4.74 Å². The van der Waals surface area contributed by atoms with Gasteiger partial charge in [-0.1, -0.05) is 0 Å². The van der Waals surface area contributed by atoms with Crippen LogP contribution in [0.5, 0.6) is 5.88 Å². The lowest BCUT2D eigenvalue weighted by molar-refractivity contribution is -0.717. The molecule has 0 radical (unpaired) electrons. The van der Waals surface area contributed by atoms with Gasteiger partial charge in [0.2, 0.25) is 0 Å². The van der Waals surface area contributed by atoms with Gasteiger partial charge in [0.15, 0.2) is 5.69 Å². The van der Waals surface area contributed by atoms with Gasteiger partial charge in [-0.25, -0.2) is 4.98 Å². The number of hydrogen-bond donors (Lipinski definition) is 1. The summed E-state index contributed by atoms with van der Waals surface area (Å²) in [5.41, 5.74) is 0.523. The van der Waals surface area contributed by atoms with Crippen LogP contribution in [0.25, 0.3) is 0 Å². The van der Waals surface area contributed by atoms with Crippen LogP contribution in [-0.4, -0.2) is 4.98 Å². The maximum Gasteiger partial charge on any atom is 0.282 e. The van der Waals surface area contributed by atoms with Gasteiger partial charge in [0.05, 0.1) is 0 Å². The fourth-order valence-corrected chi connectivity index (χ4v) is 0.922. The molecule has 0 aromatic carbocycles. The third-order valence-electron chi connectivity index (χ3n) is 1.44. The van der Waals surface area contributed by atoms with E-state index < -0.39 is 0 Å². The first-order valence-electron chi connectivity index (χ1n) is 3.20. The molecule has 56 valence electrons. The van der Waals surface area contributed by atoms with Crippen LogP contribution in [0, 0.1) is 5.21 Å². The molecule has 1 aliphatic rings. The SMILES string of the molecule is [O-][NH+]1C=COc2ncccc21. The summed E-state index contributed by atoms with van der Waals surface area (Å²) in [5, 5.41) is 11.0. The predicted octanol–water partition coefficient (Wildman–Crippen LogP) is -0.0406. The summed E-state index contributed by atoms with van der Waals surface area (Å²) < 4.78 is 4.98. The summed E-state index contributed by atoms with van der Waals surface area (Å²) in [6.07, 6.45) is 4.31. The smallest absolute Gasteiger partial charge is 0.282 e. The van der Waals surface area contributed by atoms with Crippen LogP contribution in [0.3, 0.4) is 0 Å². The van der Waals surface area contributed by atoms with Crippen molar-refractivity contribution in [2.45, 2.75) is 0 Å². The molecule has 1 unspecified atom stereocenters. The minimum absolute atomic E-state index is 0.0562. The number of nitrogens with zero attached hydrogens (tertiary/aromatic N) is 1. The fraction of sp³-hybridized carbons (Fsp3) is 0. The Bertz CT molecular complexity index is 298. The van der Waals surface area contributed by atoms with Gasteiger partial charge in [-0.2, -0.15) is 0 Å². The third kappa shape index (κ3) is 0.978. The molecule has 0 bridgehead atoms. The molecule has 4 heteroatoms. The second kappa shape index (κ2) is 2.34. The van der Waals surface area contributed by atoms with E-state index in [1.165, 1.54) is 12.5 Å². The van der Waals surface area contributed by atoms with Crippen LogP contribution in [0.4, 0.5) is 5.69 Å². The van der Waals surface area contributed by atoms with E-state index in [-0.39, 0.29) is 5.06 Å². The van der Waals surface area contributed by atoms with Crippen molar-refractivity contribution in [3.63, 3.8) is 0 Å². The maximum atomic E-state index is 11.1. The Morgan fingerprint density at radius 2 is 2.45 bits per heavy atom. The van der Waals surface area contributed by atoms with Crippen molar-refractivity contribution in [1.29, 1.82) is 0 Å². The Hall–Kier alpha value is -1.39. The summed E-state index contributed by atoms with van der Waals surface area (Å²) in [6, 6.07) is 3.40. The van der Waals surface area contributed by atoms with E-state index in [1.54, 1.807) is 18.3 Å². The molecular weight excluding hydrogens is 144 g/mol. The van der Waals surface area contributed by atoms with Crippen LogP contribution in [-0.2, 0) is 0 Å². The number of hydrogen-bond acceptors (Lipinski definition) is 3. The molecule has 1 aromatic rings. The lowest BCUT2D eigenvalue weighted by atomic mass is 10.4. The van der Waals surface area contributed by atoms with E-state index in [2.05, 4.69) is 4.98 Å². The Balaban J connectivity index is 2.50. The maximum absolute atomic E-state index is 11.1. The molecule has 0 spiro atoms. The minimum Gasteiger partial charge on any atom is -0.624 e. The average Bonchev–Trinajstić information content (AvgIpc) is 2.06. The zero-order chi connectivity index (χ0) is 7.68. The van der Waals surface area contributed by atoms with Crippen LogP contribution in [0.15, 0.2) is 30.8 Å². The highest BCUT2D eigenvalue weighted by Crippen LogP contribution is 2.17. The van der Waals surface area contributed by atoms with E-state index >= 15 is 0 Å². The van der Waals surface area contributed by atoms with Crippen LogP contribution >= 0.6 is 0 Å². The number of rotatable bonds is 0. The zero-order valence-corrected chi connectivity index (χ0v) is 5.65. The Kier molecular flexibility index (Phi) is 1.34. The van der Waals surface area contributed by atoms with Crippen LogP contribution < -0.4 is 9.80 Å². The monoisotopic (exact) mass is 150 g/mol. The second-order valence-electron chi connectivity index (χ2n) is 2.14. The van der Waals surface area contributed by atoms with Gasteiger partial charge in [-0.3, -0.25) is 0 Å². The molecule has 0 aliphatic carbocycles. The molecule has 1 atom stereocenters. The molecule has 2 rings (SSSR count). The number of fused-ring (bicyclic) bond motifs is 1. The summed E-state index contributed by atoms with van der Waals surface area (Å²) in [7, 11) is 0. The number of quaternary nitrogens is 1. The molecule has 1 N–H and O–H groups in total. The van der Waals surface area contributed by atoms with Crippen molar-refractivity contribution >= 4 is 5.69 Å². The Morgan fingerprint density at radius 3 is 3.27 bits per heavy atom. The van der Waals surface area contributed by atoms with E-state index in [0.717, 1.165) is 0 Å². The molecule has 11 heavy (non-hydrogen) atoms. The first kappa shape index (κ1) is 6.33. The fourth-order valence-electron chi connectivity index (χ4n) is 0.922. The van der Waals surface area contributed by atoms with Gasteiger partial charge in [0.25, 0.3) is 5.88 Å². The lowest BCUT2D eigenvalue weighted by Crippen LogP contribution is -2.97. The number of hydroxylamine groups is 1. The molecule has 1 aliphatic heterocycles. The number of nitrogens with one attached hydrogen (secondary N) is 1. The number of pyridine rings is 1. The predicted molar refractivity (Wildman–Crippen MR) is 38.0 cm³/mol. The quantitative estimate of drug-likeness (QED) is 0.528. The van der Waals surface area contributed by atoms with Crippen molar-refractivity contribution in [3.8, 4) is 5.88 Å². The summed E-state index contributed by atoms with van der Waals surface area (Å²) in [6.45, 7) is 0. The van der Waals surface area contributed by atoms with Crippen molar-refractivity contribution in [2.75, 3.05) is 0 Å². The normalized spacial score (nSPS) is 20.6. The van der Waals surface area contributed by atoms with Gasteiger partial charge < -0.3 is 15.0 Å². The van der Waals surface area contributed by atoms with Crippen LogP contribution in [0.1, 0.15) is 0 Å². The third-order valence-corrected chi connectivity index (χ3v) is 1.44. The second-order valence-corrected chi connectivity index (χ2v) is 2.14. The van der Waals surface area contributed by atoms with Crippen LogP contribution in [0.2, 0.25) is 0 Å². The summed E-state index contributed by atoms with van der Waals surface area (Å²) in [5.74, 6) is 0.389. The van der Waals surface area contributed by atoms with Gasteiger partial charge >= 0.3 is 0 Å². The molecule has 0 amide bonds. The molecule has 0 saturated heterocycles. The van der Waals surface area contributed by atoms with Gasteiger partial charge in [-0.15, -0.1) is 0 Å². The highest BCUT2D eigenvalue weighted by Gasteiger charge is 2.13. The summed E-state index contributed by atoms with van der Waals surface area (Å²) in [4.78, 5) is 3.88. The molecule has 1 aromatic heterocycles. The number of aromatic nitrogens is 1.